The summed E-state index contributed by atoms with van der Waals surface area (Å²) in [5, 5.41) is 11.3. The van der Waals surface area contributed by atoms with E-state index in [4.69, 9.17) is 49.3 Å². The zero-order chi connectivity index (χ0) is 25.3. The molecule has 0 bridgehead atoms. The normalized spacial score (nSPS) is 13.2. The van der Waals surface area contributed by atoms with Crippen LogP contribution in [0.5, 0.6) is 11.5 Å². The quantitative estimate of drug-likeness (QED) is 0.311. The van der Waals surface area contributed by atoms with Crippen LogP contribution in [0.4, 0.5) is 0 Å². The Labute approximate surface area is 219 Å². The van der Waals surface area contributed by atoms with E-state index in [1.807, 2.05) is 40.8 Å². The first-order valence-electron chi connectivity index (χ1n) is 11.5. The highest BCUT2D eigenvalue weighted by Gasteiger charge is 2.38. The van der Waals surface area contributed by atoms with Crippen molar-refractivity contribution in [1.29, 1.82) is 0 Å². The molecule has 1 atom stereocenters. The lowest BCUT2D eigenvalue weighted by atomic mass is 10.1. The lowest BCUT2D eigenvalue weighted by molar-refractivity contribution is -0.897. The molecule has 2 aromatic carbocycles. The van der Waals surface area contributed by atoms with Gasteiger partial charge in [-0.15, -0.1) is 0 Å². The number of fused-ring (bicyclic) bond motifs is 3. The lowest BCUT2D eigenvalue weighted by Crippen LogP contribution is -3.11. The number of nitrogens with one attached hydrogen (secondary N) is 1. The van der Waals surface area contributed by atoms with Crippen molar-refractivity contribution >= 4 is 51.6 Å². The number of aliphatic hydroxyl groups is 1. The summed E-state index contributed by atoms with van der Waals surface area (Å²) >= 11 is 18.7. The number of aromatic nitrogens is 3. The number of quaternary nitrogens is 1. The van der Waals surface area contributed by atoms with Crippen LogP contribution in [0.2, 0.25) is 0 Å². The second kappa shape index (κ2) is 10.4. The van der Waals surface area contributed by atoms with Crippen LogP contribution in [-0.2, 0) is 6.54 Å². The third-order valence-corrected chi connectivity index (χ3v) is 7.09. The Balaban J connectivity index is 2.01. The number of ether oxygens (including phenoxy) is 2. The summed E-state index contributed by atoms with van der Waals surface area (Å²) in [4.78, 5) is 6.48. The number of nitrogens with zero attached hydrogens (tertiary/aromatic N) is 3. The number of hydrogen-bond acceptors (Lipinski definition) is 4. The molecule has 4 rings (SSSR count). The Morgan fingerprint density at radius 3 is 2.26 bits per heavy atom. The Hall–Kier alpha value is -2.16. The van der Waals surface area contributed by atoms with Crippen LogP contribution in [0.25, 0.3) is 28.1 Å². The molecule has 0 saturated carbocycles. The summed E-state index contributed by atoms with van der Waals surface area (Å²) in [6, 6.07) is 13.4. The molecular formula is C25H30Cl3N4O3+. The van der Waals surface area contributed by atoms with E-state index in [9.17, 15) is 5.11 Å². The summed E-state index contributed by atoms with van der Waals surface area (Å²) in [6.07, 6.45) is -1.43. The number of aliphatic hydroxyl groups excluding tert-OH is 1. The Bertz CT molecular complexity index is 1330. The van der Waals surface area contributed by atoms with E-state index < -0.39 is 9.90 Å². The van der Waals surface area contributed by atoms with E-state index in [0.717, 1.165) is 37.2 Å². The summed E-state index contributed by atoms with van der Waals surface area (Å²) in [5.41, 5.74) is 3.49. The smallest absolute Gasteiger partial charge is 0.221 e. The third-order valence-electron chi connectivity index (χ3n) is 6.47. The van der Waals surface area contributed by atoms with Gasteiger partial charge < -0.3 is 24.0 Å². The lowest BCUT2D eigenvalue weighted by Gasteiger charge is -2.20. The maximum Gasteiger partial charge on any atom is 0.221 e. The highest BCUT2D eigenvalue weighted by molar-refractivity contribution is 6.68. The average Bonchev–Trinajstić information content (AvgIpc) is 3.38. The number of halogens is 3. The molecule has 0 radical (unpaired) electrons. The van der Waals surface area contributed by atoms with Crippen molar-refractivity contribution in [2.24, 2.45) is 0 Å². The summed E-state index contributed by atoms with van der Waals surface area (Å²) < 4.78 is 13.0. The summed E-state index contributed by atoms with van der Waals surface area (Å²) in [6.45, 7) is 8.12. The van der Waals surface area contributed by atoms with Gasteiger partial charge in [0.05, 0.1) is 62.8 Å². The number of likely N-dealkylation sites (N-methyl/N-ethyl adjacent to an activating group) is 1. The first-order valence-corrected chi connectivity index (χ1v) is 12.7. The third kappa shape index (κ3) is 4.80. The number of benzene rings is 2. The summed E-state index contributed by atoms with van der Waals surface area (Å²) in [7, 11) is 3.15. The van der Waals surface area contributed by atoms with Crippen molar-refractivity contribution in [3.8, 4) is 22.8 Å². The van der Waals surface area contributed by atoms with Crippen molar-refractivity contribution in [2.45, 2.75) is 30.3 Å². The van der Waals surface area contributed by atoms with Crippen LogP contribution in [0.3, 0.4) is 0 Å². The van der Waals surface area contributed by atoms with Gasteiger partial charge in [-0.05, 0) is 44.2 Å². The van der Waals surface area contributed by atoms with Gasteiger partial charge in [-0.2, -0.15) is 0 Å². The largest absolute Gasteiger partial charge is 0.493 e. The van der Waals surface area contributed by atoms with E-state index in [0.29, 0.717) is 34.2 Å². The fourth-order valence-electron chi connectivity index (χ4n) is 4.53. The molecule has 35 heavy (non-hydrogen) atoms. The zero-order valence-corrected chi connectivity index (χ0v) is 22.5. The van der Waals surface area contributed by atoms with Gasteiger partial charge in [0.15, 0.2) is 11.5 Å². The number of hydrogen-bond donors (Lipinski definition) is 2. The molecule has 2 aromatic heterocycles. The molecule has 0 spiro atoms. The van der Waals surface area contributed by atoms with E-state index in [2.05, 4.69) is 18.4 Å². The second-order valence-corrected chi connectivity index (χ2v) is 10.7. The number of alkyl halides is 3. The molecule has 0 aliphatic carbocycles. The van der Waals surface area contributed by atoms with Crippen molar-refractivity contribution in [3.05, 3.63) is 48.2 Å². The van der Waals surface area contributed by atoms with Crippen LogP contribution in [0.15, 0.2) is 42.5 Å². The maximum absolute atomic E-state index is 11.3. The monoisotopic (exact) mass is 539 g/mol. The molecule has 0 aliphatic heterocycles. The Morgan fingerprint density at radius 2 is 1.66 bits per heavy atom. The van der Waals surface area contributed by atoms with Crippen molar-refractivity contribution in [2.75, 3.05) is 33.9 Å². The van der Waals surface area contributed by atoms with Crippen molar-refractivity contribution in [3.63, 3.8) is 0 Å². The molecular weight excluding hydrogens is 511 g/mol. The van der Waals surface area contributed by atoms with E-state index in [1.165, 1.54) is 4.90 Å². The SMILES string of the molecule is CC[NH+](CC)CCn1c2ccccc2n2c([C@H](O)C(Cl)(Cl)Cl)c(-c3ccc(OC)c(OC)c3)nc12. The molecule has 0 amide bonds. The van der Waals surface area contributed by atoms with Crippen molar-refractivity contribution in [1.82, 2.24) is 14.0 Å². The molecule has 188 valence electrons. The van der Waals surface area contributed by atoms with Gasteiger partial charge in [0.2, 0.25) is 9.57 Å². The molecule has 2 N–H and O–H groups in total. The number of methoxy groups -OCH3 is 2. The molecule has 0 fully saturated rings. The van der Waals surface area contributed by atoms with Crippen LogP contribution in [0.1, 0.15) is 25.6 Å². The Morgan fingerprint density at radius 1 is 1.00 bits per heavy atom. The first-order chi connectivity index (χ1) is 16.7. The Kier molecular flexibility index (Phi) is 7.74. The second-order valence-electron chi connectivity index (χ2n) is 8.34. The van der Waals surface area contributed by atoms with E-state index >= 15 is 0 Å². The van der Waals surface area contributed by atoms with E-state index in [-0.39, 0.29) is 0 Å². The molecule has 2 heterocycles. The average molecular weight is 541 g/mol. The molecule has 4 aromatic rings. The predicted molar refractivity (Wildman–Crippen MR) is 141 cm³/mol. The highest BCUT2D eigenvalue weighted by atomic mass is 35.6. The van der Waals surface area contributed by atoms with Crippen LogP contribution >= 0.6 is 34.8 Å². The van der Waals surface area contributed by atoms with Crippen molar-refractivity contribution < 1.29 is 19.5 Å². The molecule has 0 aliphatic rings. The standard InChI is InChI=1S/C25H29Cl3N4O3/c1-5-30(6-2)13-14-31-17-9-7-8-10-18(17)32-22(23(33)25(26,27)28)21(29-24(31)32)16-11-12-19(34-3)20(15-16)35-4/h7-12,15,23,33H,5-6,13-14H2,1-4H3/p+1/t23-/m0/s1. The van der Waals surface area contributed by atoms with Gasteiger partial charge in [0.25, 0.3) is 0 Å². The molecule has 7 nitrogen and oxygen atoms in total. The van der Waals surface area contributed by atoms with Gasteiger partial charge in [-0.1, -0.05) is 46.9 Å². The van der Waals surface area contributed by atoms with Crippen LogP contribution < -0.4 is 14.4 Å². The minimum Gasteiger partial charge on any atom is -0.493 e. The fraction of sp³-hybridized carbons (Fsp3) is 0.400. The van der Waals surface area contributed by atoms with Gasteiger partial charge in [-0.25, -0.2) is 4.98 Å². The van der Waals surface area contributed by atoms with Gasteiger partial charge in [0.1, 0.15) is 6.10 Å². The highest BCUT2D eigenvalue weighted by Crippen LogP contribution is 2.45. The molecule has 10 heteroatoms. The summed E-state index contributed by atoms with van der Waals surface area (Å²) in [5.74, 6) is 1.79. The number of para-hydroxylation sites is 2. The number of rotatable bonds is 9. The molecule has 0 unspecified atom stereocenters. The topological polar surface area (TPSA) is 65.4 Å². The minimum atomic E-state index is -1.96. The zero-order valence-electron chi connectivity index (χ0n) is 20.2. The van der Waals surface area contributed by atoms with Crippen LogP contribution in [0, 0.1) is 0 Å². The fourth-order valence-corrected chi connectivity index (χ4v) is 4.84. The van der Waals surface area contributed by atoms with Crippen LogP contribution in [-0.4, -0.2) is 56.7 Å². The van der Waals surface area contributed by atoms with Gasteiger partial charge >= 0.3 is 0 Å². The van der Waals surface area contributed by atoms with Gasteiger partial charge in [-0.3, -0.25) is 4.40 Å². The predicted octanol–water partition coefficient (Wildman–Crippen LogP) is 4.30. The minimum absolute atomic E-state index is 0.400. The first kappa shape index (κ1) is 25.9. The van der Waals surface area contributed by atoms with Gasteiger partial charge in [0, 0.05) is 5.56 Å². The van der Waals surface area contributed by atoms with E-state index in [1.54, 1.807) is 20.3 Å². The number of imidazole rings is 2. The maximum atomic E-state index is 11.3. The molecule has 0 saturated heterocycles.